The van der Waals surface area contributed by atoms with Crippen LogP contribution in [0.1, 0.15) is 29.3 Å². The van der Waals surface area contributed by atoms with Crippen LogP contribution >= 0.6 is 46.6 Å². The zero-order valence-electron chi connectivity index (χ0n) is 22.4. The Labute approximate surface area is 263 Å². The van der Waals surface area contributed by atoms with Crippen LogP contribution in [0.5, 0.6) is 0 Å². The Morgan fingerprint density at radius 1 is 0.762 bits per heavy atom. The summed E-state index contributed by atoms with van der Waals surface area (Å²) in [5, 5.41) is 9.34. The van der Waals surface area contributed by atoms with Gasteiger partial charge in [-0.1, -0.05) is 78.1 Å². The largest absolute Gasteiger partial charge is 0.325 e. The number of hydrogen-bond donors (Lipinski definition) is 3. The summed E-state index contributed by atoms with van der Waals surface area (Å²) in [7, 11) is 0. The predicted octanol–water partition coefficient (Wildman–Crippen LogP) is 8.57. The molecule has 214 valence electrons. The highest BCUT2D eigenvalue weighted by molar-refractivity contribution is 8.00. The number of hydrogen-bond acceptors (Lipinski definition) is 4. The quantitative estimate of drug-likeness (QED) is 0.120. The molecule has 4 aromatic rings. The molecule has 10 heteroatoms. The van der Waals surface area contributed by atoms with E-state index in [-0.39, 0.29) is 11.6 Å². The van der Waals surface area contributed by atoms with Gasteiger partial charge in [0.2, 0.25) is 5.91 Å². The van der Waals surface area contributed by atoms with Crippen molar-refractivity contribution in [2.24, 2.45) is 0 Å². The first kappa shape index (κ1) is 31.2. The molecule has 0 radical (unpaired) electrons. The Kier molecular flexibility index (Phi) is 11.1. The topological polar surface area (TPSA) is 87.3 Å². The number of nitrogens with one attached hydrogen (secondary N) is 3. The van der Waals surface area contributed by atoms with E-state index in [4.69, 9.17) is 34.8 Å². The Morgan fingerprint density at radius 2 is 1.48 bits per heavy atom. The van der Waals surface area contributed by atoms with Crippen LogP contribution in [0.4, 0.5) is 11.4 Å². The molecule has 4 aromatic carbocycles. The lowest BCUT2D eigenvalue weighted by Gasteiger charge is -2.16. The minimum absolute atomic E-state index is 0.0372. The average molecular weight is 639 g/mol. The molecule has 1 unspecified atom stereocenters. The van der Waals surface area contributed by atoms with E-state index in [2.05, 4.69) is 16.0 Å². The molecule has 6 nitrogen and oxygen atoms in total. The van der Waals surface area contributed by atoms with Gasteiger partial charge in [0.15, 0.2) is 0 Å². The first-order valence-electron chi connectivity index (χ1n) is 12.9. The Bertz CT molecular complexity index is 1610. The number of amides is 3. The van der Waals surface area contributed by atoms with Crippen LogP contribution in [0.2, 0.25) is 15.1 Å². The summed E-state index contributed by atoms with van der Waals surface area (Å²) in [5.41, 5.74) is 2.09. The summed E-state index contributed by atoms with van der Waals surface area (Å²) in [6.07, 6.45) is 2.11. The van der Waals surface area contributed by atoms with Crippen molar-refractivity contribution in [1.82, 2.24) is 5.32 Å². The van der Waals surface area contributed by atoms with Crippen LogP contribution in [0, 0.1) is 0 Å². The third-order valence-corrected chi connectivity index (χ3v) is 7.88. The van der Waals surface area contributed by atoms with Crippen molar-refractivity contribution in [1.29, 1.82) is 0 Å². The van der Waals surface area contributed by atoms with Crippen molar-refractivity contribution in [2.45, 2.75) is 23.5 Å². The molecule has 0 bridgehead atoms. The summed E-state index contributed by atoms with van der Waals surface area (Å²) >= 11 is 19.6. The van der Waals surface area contributed by atoms with E-state index in [0.717, 1.165) is 4.90 Å². The molecule has 0 heterocycles. The Hall–Kier alpha value is -3.75. The second-order valence-corrected chi connectivity index (χ2v) is 11.7. The maximum atomic E-state index is 13.4. The smallest absolute Gasteiger partial charge is 0.272 e. The van der Waals surface area contributed by atoms with Crippen LogP contribution in [0.3, 0.4) is 0 Å². The van der Waals surface area contributed by atoms with E-state index in [1.54, 1.807) is 97.1 Å². The highest BCUT2D eigenvalue weighted by Gasteiger charge is 2.20. The molecule has 0 fully saturated rings. The van der Waals surface area contributed by atoms with Crippen LogP contribution in [-0.4, -0.2) is 23.0 Å². The van der Waals surface area contributed by atoms with Gasteiger partial charge in [-0.2, -0.15) is 0 Å². The second kappa shape index (κ2) is 14.9. The molecule has 0 spiro atoms. The molecule has 4 rings (SSSR count). The molecule has 0 aliphatic carbocycles. The fourth-order valence-electron chi connectivity index (χ4n) is 3.89. The van der Waals surface area contributed by atoms with Crippen LogP contribution in [-0.2, 0) is 9.59 Å². The molecule has 0 aromatic heterocycles. The van der Waals surface area contributed by atoms with Gasteiger partial charge in [-0.05, 0) is 78.7 Å². The van der Waals surface area contributed by atoms with Crippen molar-refractivity contribution in [3.63, 3.8) is 0 Å². The highest BCUT2D eigenvalue weighted by atomic mass is 35.5. The summed E-state index contributed by atoms with van der Waals surface area (Å²) in [6.45, 7) is 1.91. The Balaban J connectivity index is 1.50. The zero-order chi connectivity index (χ0) is 30.1. The predicted molar refractivity (Wildman–Crippen MR) is 173 cm³/mol. The lowest BCUT2D eigenvalue weighted by atomic mass is 10.1. The van der Waals surface area contributed by atoms with Gasteiger partial charge in [0.25, 0.3) is 11.8 Å². The summed E-state index contributed by atoms with van der Waals surface area (Å²) < 4.78 is 0. The second-order valence-electron chi connectivity index (χ2n) is 9.08. The van der Waals surface area contributed by atoms with Gasteiger partial charge in [0, 0.05) is 36.9 Å². The Morgan fingerprint density at radius 3 is 2.17 bits per heavy atom. The molecule has 0 saturated heterocycles. The molecule has 0 saturated carbocycles. The lowest BCUT2D eigenvalue weighted by molar-refractivity contribution is -0.116. The molecule has 3 N–H and O–H groups in total. The summed E-state index contributed by atoms with van der Waals surface area (Å²) in [6, 6.07) is 27.5. The summed E-state index contributed by atoms with van der Waals surface area (Å²) in [5.74, 6) is -1.16. The minimum atomic E-state index is -0.524. The normalized spacial score (nSPS) is 11.9. The molecule has 42 heavy (non-hydrogen) atoms. The zero-order valence-corrected chi connectivity index (χ0v) is 25.5. The van der Waals surface area contributed by atoms with Crippen molar-refractivity contribution >= 4 is 81.7 Å². The average Bonchev–Trinajstić information content (AvgIpc) is 2.95. The molecule has 0 aliphatic rings. The van der Waals surface area contributed by atoms with E-state index in [9.17, 15) is 14.4 Å². The number of benzene rings is 4. The number of anilines is 2. The van der Waals surface area contributed by atoms with E-state index < -0.39 is 17.1 Å². The minimum Gasteiger partial charge on any atom is -0.325 e. The van der Waals surface area contributed by atoms with E-state index in [1.165, 1.54) is 11.8 Å². The molecular weight excluding hydrogens is 613 g/mol. The van der Waals surface area contributed by atoms with E-state index in [0.29, 0.717) is 44.0 Å². The third-order valence-electron chi connectivity index (χ3n) is 5.85. The van der Waals surface area contributed by atoms with Gasteiger partial charge in [0.1, 0.15) is 5.70 Å². The van der Waals surface area contributed by atoms with Crippen molar-refractivity contribution in [3.8, 4) is 0 Å². The first-order chi connectivity index (χ1) is 20.2. The van der Waals surface area contributed by atoms with Gasteiger partial charge in [0.05, 0.1) is 5.25 Å². The summed E-state index contributed by atoms with van der Waals surface area (Å²) in [4.78, 5) is 40.1. The van der Waals surface area contributed by atoms with Gasteiger partial charge in [-0.15, -0.1) is 11.8 Å². The number of rotatable bonds is 10. The van der Waals surface area contributed by atoms with E-state index >= 15 is 0 Å². The number of carbonyl (C=O) groups excluding carboxylic acids is 3. The number of carbonyl (C=O) groups is 3. The van der Waals surface area contributed by atoms with Gasteiger partial charge >= 0.3 is 0 Å². The van der Waals surface area contributed by atoms with Crippen LogP contribution < -0.4 is 16.0 Å². The standard InChI is InChI=1S/C32H26Cl3N3O3S/c1-2-29(32(41)37-26-17-23(34)16-24(35)18-26)42-27-13-7-12-25(19-27)36-31(40)28(15-20-8-6-11-22(33)14-20)38-30(39)21-9-4-3-5-10-21/h3-19,29H,2H2,1H3,(H,36,40)(H,37,41)(H,38,39)/b28-15-. The third kappa shape index (κ3) is 9.13. The number of thioether (sulfide) groups is 1. The maximum Gasteiger partial charge on any atom is 0.272 e. The van der Waals surface area contributed by atoms with Crippen molar-refractivity contribution in [3.05, 3.63) is 129 Å². The van der Waals surface area contributed by atoms with Crippen LogP contribution in [0.15, 0.2) is 108 Å². The lowest BCUT2D eigenvalue weighted by Crippen LogP contribution is -2.30. The first-order valence-corrected chi connectivity index (χ1v) is 14.9. The molecular formula is C32H26Cl3N3O3S. The molecule has 3 amide bonds. The fraction of sp³-hybridized carbons (Fsp3) is 0.0938. The van der Waals surface area contributed by atoms with Crippen LogP contribution in [0.25, 0.3) is 6.08 Å². The maximum absolute atomic E-state index is 13.4. The molecule has 1 atom stereocenters. The fourth-order valence-corrected chi connectivity index (χ4v) is 5.62. The van der Waals surface area contributed by atoms with Crippen molar-refractivity contribution < 1.29 is 14.4 Å². The SMILES string of the molecule is CCC(Sc1cccc(NC(=O)/C(=C/c2cccc(Cl)c2)NC(=O)c2ccccc2)c1)C(=O)Nc1cc(Cl)cc(Cl)c1. The monoisotopic (exact) mass is 637 g/mol. The highest BCUT2D eigenvalue weighted by Crippen LogP contribution is 2.30. The van der Waals surface area contributed by atoms with E-state index in [1.807, 2.05) is 13.0 Å². The van der Waals surface area contributed by atoms with Gasteiger partial charge in [-0.25, -0.2) is 0 Å². The van der Waals surface area contributed by atoms with Gasteiger partial charge < -0.3 is 16.0 Å². The van der Waals surface area contributed by atoms with Gasteiger partial charge in [-0.3, -0.25) is 14.4 Å². The number of halogens is 3. The molecule has 0 aliphatic heterocycles. The van der Waals surface area contributed by atoms with Crippen molar-refractivity contribution in [2.75, 3.05) is 10.6 Å².